The molecule has 2 rings (SSSR count). The molecule has 0 aromatic carbocycles. The zero-order valence-corrected chi connectivity index (χ0v) is 10.3. The molecule has 0 radical (unpaired) electrons. The summed E-state index contributed by atoms with van der Waals surface area (Å²) >= 11 is 1.07. The minimum absolute atomic E-state index is 0.313. The first kappa shape index (κ1) is 12.4. The Labute approximate surface area is 106 Å². The number of aromatic nitrogens is 3. The predicted molar refractivity (Wildman–Crippen MR) is 64.4 cm³/mol. The third-order valence-corrected chi connectivity index (χ3v) is 3.31. The Morgan fingerprint density at radius 3 is 2.94 bits per heavy atom. The van der Waals surface area contributed by atoms with Crippen LogP contribution in [0.3, 0.4) is 0 Å². The number of nitrogens with zero attached hydrogens (tertiary/aromatic N) is 3. The minimum Gasteiger partial charge on any atom is -0.472 e. The molecule has 0 bridgehead atoms. The van der Waals surface area contributed by atoms with Crippen LogP contribution in [-0.4, -0.2) is 32.3 Å². The van der Waals surface area contributed by atoms with Crippen LogP contribution in [0.1, 0.15) is 6.92 Å². The lowest BCUT2D eigenvalue weighted by atomic mass is 10.3. The van der Waals surface area contributed by atoms with Gasteiger partial charge < -0.3 is 10.2 Å². The summed E-state index contributed by atoms with van der Waals surface area (Å²) in [6.07, 6.45) is 3.51. The van der Waals surface area contributed by atoms with Gasteiger partial charge in [-0.2, -0.15) is 0 Å². The van der Waals surface area contributed by atoms with E-state index < -0.39 is 11.2 Å². The highest BCUT2D eigenvalue weighted by Crippen LogP contribution is 2.25. The monoisotopic (exact) mass is 266 g/mol. The first-order valence-electron chi connectivity index (χ1n) is 5.02. The van der Waals surface area contributed by atoms with Gasteiger partial charge in [0.05, 0.1) is 17.1 Å². The standard InChI is InChI=1S/C10H10N4O3S/c1-6(8(11)16)18-10-13-12-9(14(10)5-15)7-2-3-17-4-7/h2-6H,1H3,(H2,11,16). The largest absolute Gasteiger partial charge is 0.472 e. The van der Waals surface area contributed by atoms with Gasteiger partial charge in [0.2, 0.25) is 12.3 Å². The average molecular weight is 266 g/mol. The van der Waals surface area contributed by atoms with Crippen molar-refractivity contribution in [3.05, 3.63) is 18.6 Å². The number of hydrogen-bond acceptors (Lipinski definition) is 6. The Bertz CT molecular complexity index is 564. The zero-order chi connectivity index (χ0) is 13.1. The highest BCUT2D eigenvalue weighted by atomic mass is 32.2. The molecule has 0 saturated heterocycles. The van der Waals surface area contributed by atoms with E-state index in [1.54, 1.807) is 13.0 Å². The van der Waals surface area contributed by atoms with E-state index >= 15 is 0 Å². The van der Waals surface area contributed by atoms with Crippen LogP contribution in [-0.2, 0) is 9.59 Å². The van der Waals surface area contributed by atoms with Crippen molar-refractivity contribution in [2.45, 2.75) is 17.3 Å². The normalized spacial score (nSPS) is 12.3. The molecule has 7 nitrogen and oxygen atoms in total. The molecule has 1 unspecified atom stereocenters. The summed E-state index contributed by atoms with van der Waals surface area (Å²) in [6.45, 7) is 1.63. The Morgan fingerprint density at radius 1 is 1.61 bits per heavy atom. The number of furan rings is 1. The molecule has 2 aromatic rings. The van der Waals surface area contributed by atoms with Crippen LogP contribution >= 0.6 is 11.8 Å². The Kier molecular flexibility index (Phi) is 3.47. The molecule has 18 heavy (non-hydrogen) atoms. The quantitative estimate of drug-likeness (QED) is 0.625. The first-order chi connectivity index (χ1) is 8.63. The molecule has 2 N–H and O–H groups in total. The number of nitrogens with two attached hydrogens (primary N) is 1. The fourth-order valence-corrected chi connectivity index (χ4v) is 2.02. The van der Waals surface area contributed by atoms with Crippen molar-refractivity contribution in [2.24, 2.45) is 5.73 Å². The lowest BCUT2D eigenvalue weighted by Gasteiger charge is -2.05. The summed E-state index contributed by atoms with van der Waals surface area (Å²) in [5.74, 6) is -0.122. The maximum atomic E-state index is 11.1. The molecule has 0 aliphatic carbocycles. The molecule has 0 aliphatic heterocycles. The SMILES string of the molecule is CC(Sc1nnc(-c2ccoc2)n1C=O)C(N)=O. The Morgan fingerprint density at radius 2 is 2.39 bits per heavy atom. The van der Waals surface area contributed by atoms with Crippen molar-refractivity contribution in [1.82, 2.24) is 14.8 Å². The van der Waals surface area contributed by atoms with Crippen LogP contribution in [0.4, 0.5) is 0 Å². The second-order valence-electron chi connectivity index (χ2n) is 3.46. The van der Waals surface area contributed by atoms with Crippen molar-refractivity contribution < 1.29 is 14.0 Å². The molecular formula is C10H10N4O3S. The zero-order valence-electron chi connectivity index (χ0n) is 9.44. The maximum Gasteiger partial charge on any atom is 0.230 e. The fraction of sp³-hybridized carbons (Fsp3) is 0.200. The van der Waals surface area contributed by atoms with E-state index in [0.29, 0.717) is 23.0 Å². The summed E-state index contributed by atoms with van der Waals surface area (Å²) < 4.78 is 6.16. The smallest absolute Gasteiger partial charge is 0.230 e. The number of rotatable bonds is 5. The van der Waals surface area contributed by atoms with Crippen molar-refractivity contribution in [3.63, 3.8) is 0 Å². The highest BCUT2D eigenvalue weighted by Gasteiger charge is 2.19. The van der Waals surface area contributed by atoms with Gasteiger partial charge in [0.15, 0.2) is 11.0 Å². The van der Waals surface area contributed by atoms with Gasteiger partial charge in [0, 0.05) is 0 Å². The predicted octanol–water partition coefficient (Wildman–Crippen LogP) is 0.542. The van der Waals surface area contributed by atoms with E-state index in [0.717, 1.165) is 11.8 Å². The molecular weight excluding hydrogens is 256 g/mol. The molecule has 2 heterocycles. The number of carbonyl (C=O) groups is 2. The van der Waals surface area contributed by atoms with Gasteiger partial charge in [0.25, 0.3) is 0 Å². The van der Waals surface area contributed by atoms with E-state index in [-0.39, 0.29) is 0 Å². The van der Waals surface area contributed by atoms with Gasteiger partial charge in [0.1, 0.15) is 6.26 Å². The maximum absolute atomic E-state index is 11.1. The van der Waals surface area contributed by atoms with Gasteiger partial charge in [-0.05, 0) is 13.0 Å². The van der Waals surface area contributed by atoms with E-state index in [1.807, 2.05) is 0 Å². The molecule has 0 fully saturated rings. The van der Waals surface area contributed by atoms with E-state index in [9.17, 15) is 9.59 Å². The van der Waals surface area contributed by atoms with E-state index in [4.69, 9.17) is 10.2 Å². The van der Waals surface area contributed by atoms with Crippen molar-refractivity contribution >= 4 is 24.1 Å². The molecule has 2 aromatic heterocycles. The Balaban J connectivity index is 2.33. The van der Waals surface area contributed by atoms with Crippen LogP contribution in [0.2, 0.25) is 0 Å². The summed E-state index contributed by atoms with van der Waals surface area (Å²) in [6, 6.07) is 1.66. The first-order valence-corrected chi connectivity index (χ1v) is 5.90. The molecule has 0 saturated carbocycles. The number of thioether (sulfide) groups is 1. The summed E-state index contributed by atoms with van der Waals surface area (Å²) in [5, 5.41) is 7.57. The van der Waals surface area contributed by atoms with Crippen LogP contribution < -0.4 is 5.73 Å². The van der Waals surface area contributed by atoms with Crippen LogP contribution in [0.5, 0.6) is 0 Å². The molecule has 8 heteroatoms. The number of hydrogen-bond donors (Lipinski definition) is 1. The van der Waals surface area contributed by atoms with Crippen molar-refractivity contribution in [3.8, 4) is 11.4 Å². The average Bonchev–Trinajstić information content (AvgIpc) is 2.96. The number of carbonyl (C=O) groups excluding carboxylic acids is 2. The highest BCUT2D eigenvalue weighted by molar-refractivity contribution is 8.00. The van der Waals surface area contributed by atoms with E-state index in [2.05, 4.69) is 10.2 Å². The fourth-order valence-electron chi connectivity index (χ4n) is 1.26. The Hall–Kier alpha value is -2.09. The molecule has 1 atom stereocenters. The summed E-state index contributed by atoms with van der Waals surface area (Å²) in [7, 11) is 0. The minimum atomic E-state index is -0.495. The number of primary amides is 1. The van der Waals surface area contributed by atoms with Gasteiger partial charge in [-0.25, -0.2) is 4.57 Å². The summed E-state index contributed by atoms with van der Waals surface area (Å²) in [5.41, 5.74) is 5.79. The second kappa shape index (κ2) is 5.05. The number of amides is 1. The lowest BCUT2D eigenvalue weighted by molar-refractivity contribution is -0.117. The van der Waals surface area contributed by atoms with Crippen LogP contribution in [0.25, 0.3) is 11.4 Å². The molecule has 1 amide bonds. The van der Waals surface area contributed by atoms with E-state index in [1.165, 1.54) is 17.1 Å². The van der Waals surface area contributed by atoms with Gasteiger partial charge in [-0.15, -0.1) is 10.2 Å². The van der Waals surface area contributed by atoms with Crippen molar-refractivity contribution in [2.75, 3.05) is 0 Å². The lowest BCUT2D eigenvalue weighted by Crippen LogP contribution is -2.23. The summed E-state index contributed by atoms with van der Waals surface area (Å²) in [4.78, 5) is 22.1. The van der Waals surface area contributed by atoms with Gasteiger partial charge in [-0.3, -0.25) is 9.59 Å². The van der Waals surface area contributed by atoms with Crippen LogP contribution in [0, 0.1) is 0 Å². The van der Waals surface area contributed by atoms with Crippen molar-refractivity contribution in [1.29, 1.82) is 0 Å². The molecule has 0 spiro atoms. The third kappa shape index (κ3) is 2.28. The second-order valence-corrected chi connectivity index (χ2v) is 4.76. The van der Waals surface area contributed by atoms with Gasteiger partial charge >= 0.3 is 0 Å². The third-order valence-electron chi connectivity index (χ3n) is 2.23. The molecule has 0 aliphatic rings. The molecule has 94 valence electrons. The topological polar surface area (TPSA) is 104 Å². The van der Waals surface area contributed by atoms with Crippen LogP contribution in [0.15, 0.2) is 28.2 Å². The van der Waals surface area contributed by atoms with Gasteiger partial charge in [-0.1, -0.05) is 11.8 Å².